The van der Waals surface area contributed by atoms with Crippen LogP contribution >= 0.6 is 15.9 Å². The van der Waals surface area contributed by atoms with Crippen molar-refractivity contribution in [2.75, 3.05) is 31.1 Å². The lowest BCUT2D eigenvalue weighted by Gasteiger charge is -2.30. The summed E-state index contributed by atoms with van der Waals surface area (Å²) in [5.41, 5.74) is 0.884. The van der Waals surface area contributed by atoms with E-state index in [9.17, 15) is 13.2 Å². The third-order valence-electron chi connectivity index (χ3n) is 4.03. The second-order valence-corrected chi connectivity index (χ2v) is 8.22. The van der Waals surface area contributed by atoms with Gasteiger partial charge in [-0.1, -0.05) is 18.2 Å². The molecule has 1 N–H and O–H groups in total. The van der Waals surface area contributed by atoms with Crippen LogP contribution < -0.4 is 10.2 Å². The average Bonchev–Trinajstić information content (AvgIpc) is 2.62. The van der Waals surface area contributed by atoms with Crippen LogP contribution in [0.4, 0.5) is 5.69 Å². The normalized spacial score (nSPS) is 15.3. The molecule has 0 amide bonds. The van der Waals surface area contributed by atoms with Gasteiger partial charge in [0.15, 0.2) is 6.29 Å². The maximum Gasteiger partial charge on any atom is 0.208 e. The zero-order chi connectivity index (χ0) is 17.2. The van der Waals surface area contributed by atoms with Crippen molar-refractivity contribution < 1.29 is 13.2 Å². The topological polar surface area (TPSA) is 66.5 Å². The lowest BCUT2D eigenvalue weighted by molar-refractivity contribution is 0.112. The largest absolute Gasteiger partial charge is 0.368 e. The van der Waals surface area contributed by atoms with Gasteiger partial charge in [-0.3, -0.25) is 4.79 Å². The summed E-state index contributed by atoms with van der Waals surface area (Å²) in [7, 11) is -3.79. The number of carbonyl (C=O) groups is 1. The molecule has 0 aromatic heterocycles. The number of nitrogens with zero attached hydrogens (tertiary/aromatic N) is 1. The van der Waals surface area contributed by atoms with Crippen LogP contribution in [0.5, 0.6) is 0 Å². The number of nitrogens with one attached hydrogen (secondary N) is 1. The number of hydrogen-bond acceptors (Lipinski definition) is 5. The number of piperazine rings is 1. The van der Waals surface area contributed by atoms with E-state index < -0.39 is 9.84 Å². The van der Waals surface area contributed by atoms with Gasteiger partial charge in [-0.15, -0.1) is 0 Å². The Balaban J connectivity index is 2.14. The first-order valence-corrected chi connectivity index (χ1v) is 9.87. The maximum absolute atomic E-state index is 13.0. The highest BCUT2D eigenvalue weighted by molar-refractivity contribution is 9.10. The Kier molecular flexibility index (Phi) is 5.03. The summed E-state index contributed by atoms with van der Waals surface area (Å²) >= 11 is 3.28. The molecule has 1 fully saturated rings. The van der Waals surface area contributed by atoms with E-state index in [0.717, 1.165) is 26.2 Å². The van der Waals surface area contributed by atoms with Crippen molar-refractivity contribution >= 4 is 37.7 Å². The van der Waals surface area contributed by atoms with Gasteiger partial charge in [-0.05, 0) is 40.2 Å². The Labute approximate surface area is 149 Å². The summed E-state index contributed by atoms with van der Waals surface area (Å²) in [6, 6.07) is 11.6. The predicted molar refractivity (Wildman–Crippen MR) is 96.5 cm³/mol. The van der Waals surface area contributed by atoms with E-state index in [0.29, 0.717) is 16.4 Å². The van der Waals surface area contributed by atoms with Crippen LogP contribution in [0.15, 0.2) is 56.7 Å². The first-order valence-electron chi connectivity index (χ1n) is 7.59. The van der Waals surface area contributed by atoms with Gasteiger partial charge >= 0.3 is 0 Å². The van der Waals surface area contributed by atoms with Crippen molar-refractivity contribution in [3.05, 3.63) is 52.5 Å². The van der Waals surface area contributed by atoms with Gasteiger partial charge in [0, 0.05) is 36.3 Å². The van der Waals surface area contributed by atoms with Gasteiger partial charge in [0.25, 0.3) is 0 Å². The third kappa shape index (κ3) is 3.11. The number of sulfone groups is 1. The summed E-state index contributed by atoms with van der Waals surface area (Å²) in [6.07, 6.45) is 0.640. The van der Waals surface area contributed by atoms with Crippen LogP contribution in [-0.2, 0) is 9.84 Å². The number of hydrogen-bond donors (Lipinski definition) is 1. The van der Waals surface area contributed by atoms with Gasteiger partial charge in [0.2, 0.25) is 9.84 Å². The maximum atomic E-state index is 13.0. The molecule has 0 spiro atoms. The molecular formula is C17H17BrN2O3S. The van der Waals surface area contributed by atoms with Crippen LogP contribution in [0.25, 0.3) is 0 Å². The number of carbonyl (C=O) groups excluding carboxylic acids is 1. The average molecular weight is 409 g/mol. The van der Waals surface area contributed by atoms with Gasteiger partial charge in [-0.2, -0.15) is 0 Å². The molecule has 0 aliphatic carbocycles. The van der Waals surface area contributed by atoms with E-state index in [1.807, 2.05) is 4.90 Å². The number of anilines is 1. The SMILES string of the molecule is O=Cc1c(N2CCNCC2)cccc1S(=O)(=O)c1ccccc1Br. The Hall–Kier alpha value is -1.70. The minimum Gasteiger partial charge on any atom is -0.368 e. The summed E-state index contributed by atoms with van der Waals surface area (Å²) in [5, 5.41) is 3.25. The van der Waals surface area contributed by atoms with Crippen molar-refractivity contribution in [2.24, 2.45) is 0 Å². The van der Waals surface area contributed by atoms with E-state index in [1.165, 1.54) is 12.1 Å². The summed E-state index contributed by atoms with van der Waals surface area (Å²) in [6.45, 7) is 3.08. The molecule has 1 aliphatic rings. The van der Waals surface area contributed by atoms with Gasteiger partial charge in [-0.25, -0.2) is 8.42 Å². The zero-order valence-electron chi connectivity index (χ0n) is 12.9. The molecule has 0 unspecified atom stereocenters. The number of rotatable bonds is 4. The van der Waals surface area contributed by atoms with Crippen molar-refractivity contribution in [3.8, 4) is 0 Å². The molecule has 1 heterocycles. The quantitative estimate of drug-likeness (QED) is 0.787. The van der Waals surface area contributed by atoms with Crippen molar-refractivity contribution in [2.45, 2.75) is 9.79 Å². The van der Waals surface area contributed by atoms with E-state index in [4.69, 9.17) is 0 Å². The van der Waals surface area contributed by atoms with Crippen LogP contribution in [0.2, 0.25) is 0 Å². The first-order chi connectivity index (χ1) is 11.6. The molecule has 2 aromatic carbocycles. The Bertz CT molecular complexity index is 862. The summed E-state index contributed by atoms with van der Waals surface area (Å²) in [4.78, 5) is 14.0. The van der Waals surface area contributed by atoms with Crippen LogP contribution in [0.3, 0.4) is 0 Å². The molecule has 3 rings (SSSR count). The molecule has 2 aromatic rings. The Morgan fingerprint density at radius 1 is 1.00 bits per heavy atom. The molecule has 0 saturated carbocycles. The highest BCUT2D eigenvalue weighted by Gasteiger charge is 2.26. The fraction of sp³-hybridized carbons (Fsp3) is 0.235. The zero-order valence-corrected chi connectivity index (χ0v) is 15.3. The second kappa shape index (κ2) is 7.04. The fourth-order valence-electron chi connectivity index (χ4n) is 2.85. The van der Waals surface area contributed by atoms with Gasteiger partial charge in [0.05, 0.1) is 15.4 Å². The number of aldehydes is 1. The predicted octanol–water partition coefficient (Wildman–Crippen LogP) is 2.50. The molecule has 5 nitrogen and oxygen atoms in total. The van der Waals surface area contributed by atoms with E-state index in [1.54, 1.807) is 30.3 Å². The molecule has 7 heteroatoms. The van der Waals surface area contributed by atoms with Crippen LogP contribution in [0.1, 0.15) is 10.4 Å². The standard InChI is InChI=1S/C17H17BrN2O3S/c18-14-4-1-2-6-17(14)24(22,23)16-7-3-5-15(13(16)12-21)20-10-8-19-9-11-20/h1-7,12,19H,8-11H2. The summed E-state index contributed by atoms with van der Waals surface area (Å²) in [5.74, 6) is 0. The summed E-state index contributed by atoms with van der Waals surface area (Å²) < 4.78 is 26.6. The van der Waals surface area contributed by atoms with Gasteiger partial charge in [0.1, 0.15) is 0 Å². The highest BCUT2D eigenvalue weighted by Crippen LogP contribution is 2.33. The Morgan fingerprint density at radius 3 is 2.33 bits per heavy atom. The minimum absolute atomic E-state index is 0.0421. The molecule has 0 bridgehead atoms. The number of halogens is 1. The smallest absolute Gasteiger partial charge is 0.208 e. The van der Waals surface area contributed by atoms with Crippen molar-refractivity contribution in [1.82, 2.24) is 5.32 Å². The molecule has 0 atom stereocenters. The Morgan fingerprint density at radius 2 is 1.67 bits per heavy atom. The van der Waals surface area contributed by atoms with Gasteiger partial charge < -0.3 is 10.2 Å². The molecular weight excluding hydrogens is 392 g/mol. The van der Waals surface area contributed by atoms with Crippen LogP contribution in [-0.4, -0.2) is 40.9 Å². The minimum atomic E-state index is -3.79. The third-order valence-corrected chi connectivity index (χ3v) is 6.86. The van der Waals surface area contributed by atoms with E-state index >= 15 is 0 Å². The van der Waals surface area contributed by atoms with E-state index in [2.05, 4.69) is 21.2 Å². The highest BCUT2D eigenvalue weighted by atomic mass is 79.9. The number of benzene rings is 2. The first kappa shape index (κ1) is 17.1. The molecule has 24 heavy (non-hydrogen) atoms. The molecule has 126 valence electrons. The second-order valence-electron chi connectivity index (χ2n) is 5.48. The van der Waals surface area contributed by atoms with Crippen molar-refractivity contribution in [3.63, 3.8) is 0 Å². The van der Waals surface area contributed by atoms with E-state index in [-0.39, 0.29) is 15.4 Å². The molecule has 0 radical (unpaired) electrons. The fourth-order valence-corrected chi connectivity index (χ4v) is 5.29. The van der Waals surface area contributed by atoms with Crippen LogP contribution in [0, 0.1) is 0 Å². The van der Waals surface area contributed by atoms with Crippen molar-refractivity contribution in [1.29, 1.82) is 0 Å². The molecule has 1 saturated heterocycles. The lowest BCUT2D eigenvalue weighted by Crippen LogP contribution is -2.44. The molecule has 1 aliphatic heterocycles. The lowest BCUT2D eigenvalue weighted by atomic mass is 10.1. The monoisotopic (exact) mass is 408 g/mol.